The van der Waals surface area contributed by atoms with E-state index in [0.717, 1.165) is 29.7 Å². The Hall–Kier alpha value is -2.59. The number of rotatable bonds is 13. The van der Waals surface area contributed by atoms with Gasteiger partial charge in [-0.1, -0.05) is 44.9 Å². The first kappa shape index (κ1) is 22.1. The minimum absolute atomic E-state index is 0.0333. The van der Waals surface area contributed by atoms with Crippen molar-refractivity contribution in [1.29, 1.82) is 0 Å². The largest absolute Gasteiger partial charge is 0.494 e. The SMILES string of the molecule is CCCCN(CCCC)CCCOc1ccc(C(=O)c2coc3ccccc23)cc1. The Bertz CT molecular complexity index is 905. The second-order valence-corrected chi connectivity index (χ2v) is 7.75. The third kappa shape index (κ3) is 5.96. The van der Waals surface area contributed by atoms with E-state index in [9.17, 15) is 4.79 Å². The van der Waals surface area contributed by atoms with Gasteiger partial charge in [-0.15, -0.1) is 0 Å². The number of carbonyl (C=O) groups is 1. The molecular weight excluding hydrogens is 374 g/mol. The molecule has 0 bridgehead atoms. The molecule has 160 valence electrons. The summed E-state index contributed by atoms with van der Waals surface area (Å²) in [5, 5.41) is 0.846. The van der Waals surface area contributed by atoms with E-state index < -0.39 is 0 Å². The van der Waals surface area contributed by atoms with Crippen LogP contribution in [0.2, 0.25) is 0 Å². The smallest absolute Gasteiger partial charge is 0.196 e. The summed E-state index contributed by atoms with van der Waals surface area (Å²) in [5.41, 5.74) is 1.96. The van der Waals surface area contributed by atoms with Crippen LogP contribution in [0.15, 0.2) is 59.2 Å². The Labute approximate surface area is 179 Å². The standard InChI is InChI=1S/C26H33NO3/c1-3-5-16-27(17-6-4-2)18-9-19-29-22-14-12-21(13-15-22)26(28)24-20-30-25-11-8-7-10-23(24)25/h7-8,10-15,20H,3-6,9,16-19H2,1-2H3. The zero-order chi connectivity index (χ0) is 21.2. The number of furan rings is 1. The van der Waals surface area contributed by atoms with Gasteiger partial charge in [-0.3, -0.25) is 4.79 Å². The first-order chi connectivity index (χ1) is 14.7. The van der Waals surface area contributed by atoms with Crippen LogP contribution < -0.4 is 4.74 Å². The lowest BCUT2D eigenvalue weighted by Gasteiger charge is -2.21. The number of benzene rings is 2. The Kier molecular flexibility index (Phi) is 8.52. The first-order valence-electron chi connectivity index (χ1n) is 11.2. The van der Waals surface area contributed by atoms with Gasteiger partial charge in [0.1, 0.15) is 17.6 Å². The van der Waals surface area contributed by atoms with Crippen LogP contribution in [0, 0.1) is 0 Å². The average molecular weight is 408 g/mol. The molecule has 0 unspecified atom stereocenters. The van der Waals surface area contributed by atoms with E-state index in [2.05, 4.69) is 18.7 Å². The molecule has 0 saturated heterocycles. The maximum Gasteiger partial charge on any atom is 0.196 e. The molecule has 0 radical (unpaired) electrons. The molecule has 2 aromatic carbocycles. The number of hydrogen-bond acceptors (Lipinski definition) is 4. The molecule has 0 spiro atoms. The van der Waals surface area contributed by atoms with Gasteiger partial charge in [-0.05, 0) is 62.7 Å². The van der Waals surface area contributed by atoms with E-state index >= 15 is 0 Å². The lowest BCUT2D eigenvalue weighted by Crippen LogP contribution is -2.28. The number of hydrogen-bond donors (Lipinski definition) is 0. The molecule has 1 heterocycles. The summed E-state index contributed by atoms with van der Waals surface area (Å²) in [4.78, 5) is 15.4. The maximum atomic E-state index is 12.8. The van der Waals surface area contributed by atoms with Crippen molar-refractivity contribution in [3.63, 3.8) is 0 Å². The quantitative estimate of drug-likeness (QED) is 0.245. The van der Waals surface area contributed by atoms with Crippen molar-refractivity contribution in [3.8, 4) is 5.75 Å². The molecule has 0 aliphatic heterocycles. The van der Waals surface area contributed by atoms with Gasteiger partial charge in [-0.2, -0.15) is 0 Å². The average Bonchev–Trinajstić information content (AvgIpc) is 3.22. The monoisotopic (exact) mass is 407 g/mol. The van der Waals surface area contributed by atoms with Gasteiger partial charge in [0.05, 0.1) is 12.2 Å². The molecule has 4 nitrogen and oxygen atoms in total. The molecular formula is C26H33NO3. The number of unbranched alkanes of at least 4 members (excludes halogenated alkanes) is 2. The predicted octanol–water partition coefficient (Wildman–Crippen LogP) is 6.33. The van der Waals surface area contributed by atoms with Gasteiger partial charge >= 0.3 is 0 Å². The topological polar surface area (TPSA) is 42.7 Å². The van der Waals surface area contributed by atoms with Gasteiger partial charge < -0.3 is 14.1 Å². The van der Waals surface area contributed by atoms with Gasteiger partial charge in [-0.25, -0.2) is 0 Å². The number of ketones is 1. The van der Waals surface area contributed by atoms with E-state index in [4.69, 9.17) is 9.15 Å². The van der Waals surface area contributed by atoms with Crippen LogP contribution in [0.1, 0.15) is 61.9 Å². The fourth-order valence-corrected chi connectivity index (χ4v) is 3.59. The summed E-state index contributed by atoms with van der Waals surface area (Å²) in [6.07, 6.45) is 7.53. The summed E-state index contributed by atoms with van der Waals surface area (Å²) in [6.45, 7) is 8.60. The third-order valence-corrected chi connectivity index (χ3v) is 5.39. The lowest BCUT2D eigenvalue weighted by molar-refractivity contribution is 0.103. The van der Waals surface area contributed by atoms with Gasteiger partial charge in [0.25, 0.3) is 0 Å². The highest BCUT2D eigenvalue weighted by atomic mass is 16.5. The molecule has 1 aromatic heterocycles. The number of nitrogens with zero attached hydrogens (tertiary/aromatic N) is 1. The van der Waals surface area contributed by atoms with E-state index in [1.807, 2.05) is 48.5 Å². The van der Waals surface area contributed by atoms with Crippen molar-refractivity contribution in [1.82, 2.24) is 4.90 Å². The number of para-hydroxylation sites is 1. The zero-order valence-electron chi connectivity index (χ0n) is 18.2. The molecule has 0 fully saturated rings. The normalized spacial score (nSPS) is 11.3. The highest BCUT2D eigenvalue weighted by molar-refractivity contribution is 6.15. The molecule has 0 aliphatic carbocycles. The van der Waals surface area contributed by atoms with Crippen LogP contribution in [0.5, 0.6) is 5.75 Å². The van der Waals surface area contributed by atoms with Crippen LogP contribution in [0.3, 0.4) is 0 Å². The minimum Gasteiger partial charge on any atom is -0.494 e. The second-order valence-electron chi connectivity index (χ2n) is 7.75. The van der Waals surface area contributed by atoms with Crippen molar-refractivity contribution < 1.29 is 13.9 Å². The fourth-order valence-electron chi connectivity index (χ4n) is 3.59. The van der Waals surface area contributed by atoms with Crippen molar-refractivity contribution in [2.45, 2.75) is 46.0 Å². The molecule has 3 aromatic rings. The van der Waals surface area contributed by atoms with Gasteiger partial charge in [0, 0.05) is 17.5 Å². The van der Waals surface area contributed by atoms with E-state index in [0.29, 0.717) is 17.7 Å². The second kappa shape index (κ2) is 11.6. The number of carbonyl (C=O) groups excluding carboxylic acids is 1. The molecule has 4 heteroatoms. The molecule has 0 amide bonds. The molecule has 0 atom stereocenters. The summed E-state index contributed by atoms with van der Waals surface area (Å²) >= 11 is 0. The Morgan fingerprint density at radius 3 is 2.27 bits per heavy atom. The fraction of sp³-hybridized carbons (Fsp3) is 0.423. The van der Waals surface area contributed by atoms with E-state index in [1.165, 1.54) is 38.8 Å². The highest BCUT2D eigenvalue weighted by Gasteiger charge is 2.15. The Morgan fingerprint density at radius 2 is 1.57 bits per heavy atom. The number of ether oxygens (including phenoxy) is 1. The Morgan fingerprint density at radius 1 is 0.900 bits per heavy atom. The number of fused-ring (bicyclic) bond motifs is 1. The molecule has 3 rings (SSSR count). The summed E-state index contributed by atoms with van der Waals surface area (Å²) in [5.74, 6) is 0.770. The van der Waals surface area contributed by atoms with Crippen LogP contribution in [-0.2, 0) is 0 Å². The van der Waals surface area contributed by atoms with Crippen molar-refractivity contribution >= 4 is 16.8 Å². The van der Waals surface area contributed by atoms with Crippen LogP contribution in [0.4, 0.5) is 0 Å². The van der Waals surface area contributed by atoms with Crippen molar-refractivity contribution in [2.24, 2.45) is 0 Å². The molecule has 0 N–H and O–H groups in total. The Balaban J connectivity index is 1.50. The zero-order valence-corrected chi connectivity index (χ0v) is 18.2. The van der Waals surface area contributed by atoms with Crippen molar-refractivity contribution in [3.05, 3.63) is 65.9 Å². The van der Waals surface area contributed by atoms with Gasteiger partial charge in [0.2, 0.25) is 0 Å². The van der Waals surface area contributed by atoms with Crippen LogP contribution in [0.25, 0.3) is 11.0 Å². The first-order valence-corrected chi connectivity index (χ1v) is 11.2. The molecule has 0 aliphatic rings. The van der Waals surface area contributed by atoms with Gasteiger partial charge in [0.15, 0.2) is 5.78 Å². The third-order valence-electron chi connectivity index (χ3n) is 5.39. The summed E-state index contributed by atoms with van der Waals surface area (Å²) in [6, 6.07) is 15.0. The maximum absolute atomic E-state index is 12.8. The predicted molar refractivity (Wildman–Crippen MR) is 122 cm³/mol. The highest BCUT2D eigenvalue weighted by Crippen LogP contribution is 2.24. The van der Waals surface area contributed by atoms with Crippen LogP contribution in [-0.4, -0.2) is 36.9 Å². The van der Waals surface area contributed by atoms with Crippen LogP contribution >= 0.6 is 0 Å². The molecule has 30 heavy (non-hydrogen) atoms. The van der Waals surface area contributed by atoms with E-state index in [-0.39, 0.29) is 5.78 Å². The summed E-state index contributed by atoms with van der Waals surface area (Å²) in [7, 11) is 0. The minimum atomic E-state index is -0.0333. The van der Waals surface area contributed by atoms with E-state index in [1.54, 1.807) is 6.26 Å². The summed E-state index contributed by atoms with van der Waals surface area (Å²) < 4.78 is 11.4. The van der Waals surface area contributed by atoms with Crippen molar-refractivity contribution in [2.75, 3.05) is 26.2 Å². The lowest BCUT2D eigenvalue weighted by atomic mass is 10.0. The molecule has 0 saturated carbocycles.